The molecule has 0 saturated heterocycles. The summed E-state index contributed by atoms with van der Waals surface area (Å²) in [6.45, 7) is 0.00640. The number of hydrogen-bond acceptors (Lipinski definition) is 4. The number of rotatable bonds is 4. The predicted molar refractivity (Wildman–Crippen MR) is 108 cm³/mol. The fourth-order valence-corrected chi connectivity index (χ4v) is 3.63. The molecule has 1 aliphatic rings. The minimum atomic E-state index is -0.885. The zero-order valence-corrected chi connectivity index (χ0v) is 15.5. The van der Waals surface area contributed by atoms with Gasteiger partial charge in [-0.3, -0.25) is 14.6 Å². The molecule has 4 rings (SSSR count). The first-order chi connectivity index (χ1) is 13.6. The number of fused-ring (bicyclic) bond motifs is 1. The quantitative estimate of drug-likeness (QED) is 0.713. The van der Waals surface area contributed by atoms with Gasteiger partial charge in [-0.2, -0.15) is 11.3 Å². The summed E-state index contributed by atoms with van der Waals surface area (Å²) in [6.07, 6.45) is 0. The third-order valence-electron chi connectivity index (χ3n) is 4.40. The number of amides is 2. The second kappa shape index (κ2) is 7.74. The topological polar surface area (TPSA) is 70.6 Å². The van der Waals surface area contributed by atoms with Gasteiger partial charge in [0, 0.05) is 28.6 Å². The number of benzene rings is 2. The summed E-state index contributed by atoms with van der Waals surface area (Å²) in [5.74, 6) is -1.06. The second-order valence-electron chi connectivity index (χ2n) is 6.23. The molecule has 1 aromatic heterocycles. The van der Waals surface area contributed by atoms with Gasteiger partial charge in [0.05, 0.1) is 11.4 Å². The molecule has 0 fully saturated rings. The molecular formula is C21H16FN3O2S. The van der Waals surface area contributed by atoms with Gasteiger partial charge in [-0.15, -0.1) is 0 Å². The molecule has 0 spiro atoms. The summed E-state index contributed by atoms with van der Waals surface area (Å²) in [6, 6.07) is 14.2. The first-order valence-electron chi connectivity index (χ1n) is 8.67. The van der Waals surface area contributed by atoms with Gasteiger partial charge in [0.15, 0.2) is 0 Å². The molecule has 7 heteroatoms. The zero-order valence-electron chi connectivity index (χ0n) is 14.7. The van der Waals surface area contributed by atoms with Crippen molar-refractivity contribution >= 4 is 34.6 Å². The molecule has 0 bridgehead atoms. The van der Waals surface area contributed by atoms with E-state index in [1.54, 1.807) is 59.3 Å². The van der Waals surface area contributed by atoms with Crippen LogP contribution in [0.15, 0.2) is 70.3 Å². The van der Waals surface area contributed by atoms with Crippen LogP contribution >= 0.6 is 11.3 Å². The number of nitrogens with zero attached hydrogens (tertiary/aromatic N) is 1. The van der Waals surface area contributed by atoms with Gasteiger partial charge < -0.3 is 10.6 Å². The van der Waals surface area contributed by atoms with Crippen LogP contribution in [0.1, 0.15) is 21.5 Å². The van der Waals surface area contributed by atoms with Crippen LogP contribution in [0.5, 0.6) is 0 Å². The molecule has 2 heterocycles. The van der Waals surface area contributed by atoms with E-state index in [-0.39, 0.29) is 18.4 Å². The van der Waals surface area contributed by atoms with Crippen LogP contribution < -0.4 is 10.6 Å². The number of para-hydroxylation sites is 1. The molecule has 0 saturated carbocycles. The average molecular weight is 393 g/mol. The van der Waals surface area contributed by atoms with Gasteiger partial charge in [0.25, 0.3) is 11.8 Å². The smallest absolute Gasteiger partial charge is 0.252 e. The number of anilines is 1. The summed E-state index contributed by atoms with van der Waals surface area (Å²) in [4.78, 5) is 29.4. The Bertz CT molecular complexity index is 1060. The van der Waals surface area contributed by atoms with Crippen LogP contribution in [0.2, 0.25) is 0 Å². The lowest BCUT2D eigenvalue weighted by molar-refractivity contribution is -0.117. The highest BCUT2D eigenvalue weighted by Gasteiger charge is 2.27. The second-order valence-corrected chi connectivity index (χ2v) is 7.01. The predicted octanol–water partition coefficient (Wildman–Crippen LogP) is 3.48. The van der Waals surface area contributed by atoms with Crippen molar-refractivity contribution in [1.82, 2.24) is 5.32 Å². The molecule has 28 heavy (non-hydrogen) atoms. The van der Waals surface area contributed by atoms with E-state index in [2.05, 4.69) is 15.6 Å². The Morgan fingerprint density at radius 1 is 1.11 bits per heavy atom. The fraction of sp³-hybridized carbons (Fsp3) is 0.0952. The lowest BCUT2D eigenvalue weighted by Gasteiger charge is -2.12. The molecule has 3 aromatic rings. The van der Waals surface area contributed by atoms with Crippen molar-refractivity contribution in [2.45, 2.75) is 6.04 Å². The number of halogens is 1. The van der Waals surface area contributed by atoms with Crippen LogP contribution in [0.25, 0.3) is 0 Å². The number of aliphatic imine (C=N–C) groups is 1. The molecule has 0 unspecified atom stereocenters. The van der Waals surface area contributed by atoms with Crippen LogP contribution in [-0.2, 0) is 4.79 Å². The number of benzodiazepines with no additional fused rings is 1. The van der Waals surface area contributed by atoms with E-state index in [4.69, 9.17) is 0 Å². The summed E-state index contributed by atoms with van der Waals surface area (Å²) >= 11 is 1.41. The van der Waals surface area contributed by atoms with Crippen molar-refractivity contribution in [3.05, 3.63) is 87.9 Å². The van der Waals surface area contributed by atoms with Gasteiger partial charge in [0.2, 0.25) is 0 Å². The minimum absolute atomic E-state index is 0.00640. The Hall–Kier alpha value is -3.32. The van der Waals surface area contributed by atoms with E-state index in [1.165, 1.54) is 17.4 Å². The average Bonchev–Trinajstić information content (AvgIpc) is 3.20. The Kier molecular flexibility index (Phi) is 4.99. The van der Waals surface area contributed by atoms with Gasteiger partial charge in [0.1, 0.15) is 11.9 Å². The largest absolute Gasteiger partial charge is 0.349 e. The maximum Gasteiger partial charge on any atom is 0.252 e. The number of carbonyl (C=O) groups excluding carboxylic acids is 2. The van der Waals surface area contributed by atoms with Gasteiger partial charge in [-0.25, -0.2) is 4.39 Å². The molecule has 1 aliphatic heterocycles. The van der Waals surface area contributed by atoms with E-state index in [0.717, 1.165) is 0 Å². The van der Waals surface area contributed by atoms with E-state index in [9.17, 15) is 14.0 Å². The van der Waals surface area contributed by atoms with Crippen LogP contribution in [0.4, 0.5) is 10.1 Å². The first-order valence-corrected chi connectivity index (χ1v) is 9.61. The molecular weight excluding hydrogens is 377 g/mol. The van der Waals surface area contributed by atoms with Crippen molar-refractivity contribution in [2.75, 3.05) is 11.9 Å². The molecule has 140 valence electrons. The molecule has 2 amide bonds. The standard InChI is InChI=1S/C21H16FN3O2S/c22-16-7-3-1-5-14(16)19-15-6-2-4-8-17(15)25-21(27)18(24-19)11-23-20(26)13-9-10-28-12-13/h1-10,12,18H,11H2,(H,23,26)(H,25,27)/t18-/m0/s1. The molecule has 2 aromatic carbocycles. The summed E-state index contributed by atoms with van der Waals surface area (Å²) in [7, 11) is 0. The fourth-order valence-electron chi connectivity index (χ4n) is 2.99. The Balaban J connectivity index is 1.69. The lowest BCUT2D eigenvalue weighted by Crippen LogP contribution is -2.38. The van der Waals surface area contributed by atoms with Gasteiger partial charge in [-0.1, -0.05) is 30.3 Å². The Morgan fingerprint density at radius 2 is 1.86 bits per heavy atom. The molecule has 5 nitrogen and oxygen atoms in total. The van der Waals surface area contributed by atoms with Gasteiger partial charge >= 0.3 is 0 Å². The highest BCUT2D eigenvalue weighted by atomic mass is 32.1. The van der Waals surface area contributed by atoms with Gasteiger partial charge in [-0.05, 0) is 29.6 Å². The van der Waals surface area contributed by atoms with Crippen molar-refractivity contribution in [1.29, 1.82) is 0 Å². The summed E-state index contributed by atoms with van der Waals surface area (Å²) < 4.78 is 14.5. The number of nitrogens with one attached hydrogen (secondary N) is 2. The summed E-state index contributed by atoms with van der Waals surface area (Å²) in [5, 5.41) is 9.09. The Morgan fingerprint density at radius 3 is 2.61 bits per heavy atom. The minimum Gasteiger partial charge on any atom is -0.349 e. The third-order valence-corrected chi connectivity index (χ3v) is 5.08. The monoisotopic (exact) mass is 393 g/mol. The van der Waals surface area contributed by atoms with Crippen molar-refractivity contribution < 1.29 is 14.0 Å². The number of hydrogen-bond donors (Lipinski definition) is 2. The highest BCUT2D eigenvalue weighted by molar-refractivity contribution is 7.08. The van der Waals surface area contributed by atoms with E-state index < -0.39 is 11.9 Å². The first kappa shape index (κ1) is 18.1. The molecule has 2 N–H and O–H groups in total. The number of thiophene rings is 1. The molecule has 0 aliphatic carbocycles. The third kappa shape index (κ3) is 3.57. The van der Waals surface area contributed by atoms with Crippen molar-refractivity contribution in [2.24, 2.45) is 4.99 Å². The number of carbonyl (C=O) groups is 2. The van der Waals surface area contributed by atoms with Crippen molar-refractivity contribution in [3.8, 4) is 0 Å². The molecule has 0 radical (unpaired) electrons. The van der Waals surface area contributed by atoms with E-state index >= 15 is 0 Å². The van der Waals surface area contributed by atoms with Crippen LogP contribution in [0, 0.1) is 5.82 Å². The lowest BCUT2D eigenvalue weighted by atomic mass is 10.00. The van der Waals surface area contributed by atoms with Crippen molar-refractivity contribution in [3.63, 3.8) is 0 Å². The van der Waals surface area contributed by atoms with E-state index in [1.807, 2.05) is 0 Å². The maximum absolute atomic E-state index is 14.5. The highest BCUT2D eigenvalue weighted by Crippen LogP contribution is 2.25. The Labute approximate surface area is 164 Å². The van der Waals surface area contributed by atoms with Crippen LogP contribution in [0.3, 0.4) is 0 Å². The van der Waals surface area contributed by atoms with Crippen LogP contribution in [-0.4, -0.2) is 30.1 Å². The maximum atomic E-state index is 14.5. The zero-order chi connectivity index (χ0) is 19.5. The van der Waals surface area contributed by atoms with E-state index in [0.29, 0.717) is 28.1 Å². The molecule has 1 atom stereocenters. The summed E-state index contributed by atoms with van der Waals surface area (Å²) in [5.41, 5.74) is 2.40. The SMILES string of the molecule is O=C(NC[C@@H]1N=C(c2ccccc2F)c2ccccc2NC1=O)c1ccsc1. The normalized spacial score (nSPS) is 15.8.